The van der Waals surface area contributed by atoms with Crippen LogP contribution >= 0.6 is 0 Å². The normalized spacial score (nSPS) is 23.3. The van der Waals surface area contributed by atoms with Crippen molar-refractivity contribution < 1.29 is 9.90 Å². The lowest BCUT2D eigenvalue weighted by atomic mass is 9.81. The van der Waals surface area contributed by atoms with E-state index >= 15 is 0 Å². The number of carbonyl (C=O) groups excluding carboxylic acids is 1. The van der Waals surface area contributed by atoms with Crippen LogP contribution in [0.1, 0.15) is 53.9 Å². The lowest BCUT2D eigenvalue weighted by Gasteiger charge is -2.39. The van der Waals surface area contributed by atoms with E-state index in [9.17, 15) is 9.90 Å². The highest BCUT2D eigenvalue weighted by atomic mass is 16.3. The predicted octanol–water partition coefficient (Wildman–Crippen LogP) is 2.68. The third kappa shape index (κ3) is 3.98. The van der Waals surface area contributed by atoms with Crippen molar-refractivity contribution in [3.05, 3.63) is 0 Å². The van der Waals surface area contributed by atoms with Crippen LogP contribution in [0.4, 0.5) is 0 Å². The van der Waals surface area contributed by atoms with Crippen LogP contribution in [0, 0.1) is 17.3 Å². The Bertz CT molecular complexity index is 284. The highest BCUT2D eigenvalue weighted by Gasteiger charge is 2.35. The summed E-state index contributed by atoms with van der Waals surface area (Å²) in [6.45, 7) is 11.8. The molecule has 1 aliphatic rings. The van der Waals surface area contributed by atoms with Gasteiger partial charge >= 0.3 is 0 Å². The minimum absolute atomic E-state index is 0.248. The fourth-order valence-electron chi connectivity index (χ4n) is 3.12. The molecule has 0 aromatic carbocycles. The van der Waals surface area contributed by atoms with Crippen LogP contribution in [0.15, 0.2) is 0 Å². The van der Waals surface area contributed by atoms with Gasteiger partial charge in [-0.3, -0.25) is 4.79 Å². The van der Waals surface area contributed by atoms with Gasteiger partial charge in [0.25, 0.3) is 0 Å². The van der Waals surface area contributed by atoms with E-state index in [-0.39, 0.29) is 23.3 Å². The summed E-state index contributed by atoms with van der Waals surface area (Å²) >= 11 is 0. The summed E-state index contributed by atoms with van der Waals surface area (Å²) in [6.07, 6.45) is 2.65. The number of piperidine rings is 1. The van der Waals surface area contributed by atoms with Gasteiger partial charge in [0.15, 0.2) is 0 Å². The van der Waals surface area contributed by atoms with E-state index in [2.05, 4.69) is 13.8 Å². The number of rotatable bonds is 4. The van der Waals surface area contributed by atoms with Gasteiger partial charge in [0.1, 0.15) is 0 Å². The molecule has 106 valence electrons. The number of carbonyl (C=O) groups is 1. The molecule has 0 saturated carbocycles. The average Bonchev–Trinajstić information content (AvgIpc) is 2.26. The molecule has 1 N–H and O–H groups in total. The maximum absolute atomic E-state index is 12.6. The van der Waals surface area contributed by atoms with E-state index in [0.717, 1.165) is 32.4 Å². The molecule has 2 atom stereocenters. The Labute approximate surface area is 112 Å². The molecule has 3 nitrogen and oxygen atoms in total. The minimum atomic E-state index is -0.311. The number of aliphatic hydroxyl groups excluding tert-OH is 1. The van der Waals surface area contributed by atoms with E-state index in [0.29, 0.717) is 5.92 Å². The van der Waals surface area contributed by atoms with Crippen LogP contribution in [-0.4, -0.2) is 35.1 Å². The molecule has 1 fully saturated rings. The van der Waals surface area contributed by atoms with Crippen molar-refractivity contribution in [2.24, 2.45) is 17.3 Å². The lowest BCUT2D eigenvalue weighted by molar-refractivity contribution is -0.144. The molecule has 0 radical (unpaired) electrons. The summed E-state index contributed by atoms with van der Waals surface area (Å²) in [4.78, 5) is 14.5. The van der Waals surface area contributed by atoms with Crippen LogP contribution in [0.3, 0.4) is 0 Å². The number of amides is 1. The van der Waals surface area contributed by atoms with Crippen LogP contribution in [0.25, 0.3) is 0 Å². The fraction of sp³-hybridized carbons (Fsp3) is 0.933. The molecular formula is C15H29NO2. The topological polar surface area (TPSA) is 40.5 Å². The Morgan fingerprint density at radius 2 is 2.00 bits per heavy atom. The van der Waals surface area contributed by atoms with Crippen LogP contribution in [-0.2, 0) is 4.79 Å². The molecule has 1 amide bonds. The van der Waals surface area contributed by atoms with Crippen molar-refractivity contribution in [2.45, 2.75) is 60.0 Å². The molecule has 0 aromatic rings. The number of hydrogen-bond donors (Lipinski definition) is 1. The number of nitrogens with zero attached hydrogens (tertiary/aromatic N) is 1. The van der Waals surface area contributed by atoms with Gasteiger partial charge in [-0.25, -0.2) is 0 Å². The zero-order valence-corrected chi connectivity index (χ0v) is 12.6. The molecule has 0 spiro atoms. The average molecular weight is 255 g/mol. The second kappa shape index (κ2) is 6.05. The number of likely N-dealkylation sites (tertiary alicyclic amines) is 1. The van der Waals surface area contributed by atoms with E-state index in [1.165, 1.54) is 0 Å². The molecule has 1 saturated heterocycles. The van der Waals surface area contributed by atoms with Gasteiger partial charge in [0, 0.05) is 24.4 Å². The first-order valence-electron chi connectivity index (χ1n) is 7.21. The molecular weight excluding hydrogens is 226 g/mol. The van der Waals surface area contributed by atoms with Gasteiger partial charge < -0.3 is 10.0 Å². The molecule has 3 heteroatoms. The highest BCUT2D eigenvalue weighted by Crippen LogP contribution is 2.30. The number of hydrogen-bond acceptors (Lipinski definition) is 2. The van der Waals surface area contributed by atoms with Crippen LogP contribution in [0.2, 0.25) is 0 Å². The summed E-state index contributed by atoms with van der Waals surface area (Å²) in [7, 11) is 0. The Morgan fingerprint density at radius 1 is 1.39 bits per heavy atom. The third-order valence-corrected chi connectivity index (χ3v) is 3.92. The molecule has 1 rings (SSSR count). The minimum Gasteiger partial charge on any atom is -0.393 e. The second-order valence-corrected chi connectivity index (χ2v) is 6.88. The van der Waals surface area contributed by atoms with Crippen LogP contribution in [0.5, 0.6) is 0 Å². The Hall–Kier alpha value is -0.570. The molecule has 0 aromatic heterocycles. The maximum atomic E-state index is 12.6. The quantitative estimate of drug-likeness (QED) is 0.839. The van der Waals surface area contributed by atoms with Gasteiger partial charge in [0.2, 0.25) is 5.91 Å². The number of aliphatic hydroxyl groups is 1. The molecule has 1 aliphatic heterocycles. The van der Waals surface area contributed by atoms with Crippen molar-refractivity contribution in [1.82, 2.24) is 4.90 Å². The van der Waals surface area contributed by atoms with E-state index in [4.69, 9.17) is 0 Å². The highest BCUT2D eigenvalue weighted by molar-refractivity contribution is 5.82. The first-order valence-corrected chi connectivity index (χ1v) is 7.21. The van der Waals surface area contributed by atoms with Crippen molar-refractivity contribution in [2.75, 3.05) is 13.1 Å². The zero-order valence-electron chi connectivity index (χ0n) is 12.6. The molecule has 2 unspecified atom stereocenters. The Morgan fingerprint density at radius 3 is 2.50 bits per heavy atom. The van der Waals surface area contributed by atoms with E-state index in [1.54, 1.807) is 0 Å². The Balaban J connectivity index is 2.65. The molecule has 18 heavy (non-hydrogen) atoms. The van der Waals surface area contributed by atoms with Gasteiger partial charge in [0.05, 0.1) is 6.10 Å². The van der Waals surface area contributed by atoms with E-state index < -0.39 is 0 Å². The lowest BCUT2D eigenvalue weighted by Crippen LogP contribution is -2.48. The van der Waals surface area contributed by atoms with Crippen LogP contribution < -0.4 is 0 Å². The smallest absolute Gasteiger partial charge is 0.228 e. The molecule has 1 heterocycles. The summed E-state index contributed by atoms with van der Waals surface area (Å²) in [5.74, 6) is 1.03. The van der Waals surface area contributed by atoms with Gasteiger partial charge in [-0.05, 0) is 32.1 Å². The summed E-state index contributed by atoms with van der Waals surface area (Å²) in [5.41, 5.74) is -0.283. The SMILES string of the molecule is CC(C)CC(C)(C)C(=O)N1CCCC(C(C)O)C1. The maximum Gasteiger partial charge on any atom is 0.228 e. The van der Waals surface area contributed by atoms with Gasteiger partial charge in [-0.2, -0.15) is 0 Å². The van der Waals surface area contributed by atoms with E-state index in [1.807, 2.05) is 25.7 Å². The third-order valence-electron chi connectivity index (χ3n) is 3.92. The first kappa shape index (κ1) is 15.5. The van der Waals surface area contributed by atoms with Crippen molar-refractivity contribution in [1.29, 1.82) is 0 Å². The summed E-state index contributed by atoms with van der Waals surface area (Å²) in [6, 6.07) is 0. The molecule has 0 aliphatic carbocycles. The first-order chi connectivity index (χ1) is 8.24. The zero-order chi connectivity index (χ0) is 13.9. The van der Waals surface area contributed by atoms with Crippen molar-refractivity contribution in [3.8, 4) is 0 Å². The second-order valence-electron chi connectivity index (χ2n) is 6.88. The van der Waals surface area contributed by atoms with Crippen molar-refractivity contribution >= 4 is 5.91 Å². The largest absolute Gasteiger partial charge is 0.393 e. The standard InChI is InChI=1S/C15H29NO2/c1-11(2)9-15(4,5)14(18)16-8-6-7-13(10-16)12(3)17/h11-13,17H,6-10H2,1-5H3. The predicted molar refractivity (Wildman–Crippen MR) is 74.2 cm³/mol. The Kier molecular flexibility index (Phi) is 5.20. The summed E-state index contributed by atoms with van der Waals surface area (Å²) < 4.78 is 0. The monoisotopic (exact) mass is 255 g/mol. The fourth-order valence-corrected chi connectivity index (χ4v) is 3.12. The van der Waals surface area contributed by atoms with Gasteiger partial charge in [-0.1, -0.05) is 27.7 Å². The molecule has 0 bridgehead atoms. The van der Waals surface area contributed by atoms with Crippen molar-refractivity contribution in [3.63, 3.8) is 0 Å². The van der Waals surface area contributed by atoms with Gasteiger partial charge in [-0.15, -0.1) is 0 Å². The summed E-state index contributed by atoms with van der Waals surface area (Å²) in [5, 5.41) is 9.69.